The lowest BCUT2D eigenvalue weighted by Gasteiger charge is -2.04. The molecule has 1 heterocycles. The first-order valence-electron chi connectivity index (χ1n) is 5.38. The summed E-state index contributed by atoms with van der Waals surface area (Å²) in [5.41, 5.74) is 7.34. The molecule has 0 unspecified atom stereocenters. The van der Waals surface area contributed by atoms with E-state index in [1.807, 2.05) is 44.2 Å². The SMILES string of the molecule is CC.Nc1ccnc(Nc2ccccc2)c1. The number of nitrogens with two attached hydrogens (primary N) is 1. The summed E-state index contributed by atoms with van der Waals surface area (Å²) < 4.78 is 0. The third-order valence-corrected chi connectivity index (χ3v) is 1.83. The number of nitrogen functional groups attached to an aromatic ring is 1. The first-order valence-corrected chi connectivity index (χ1v) is 5.38. The van der Waals surface area contributed by atoms with Crippen LogP contribution in [-0.2, 0) is 0 Å². The second-order valence-corrected chi connectivity index (χ2v) is 2.97. The van der Waals surface area contributed by atoms with Gasteiger partial charge in [0.05, 0.1) is 0 Å². The molecule has 0 bridgehead atoms. The molecule has 0 fully saturated rings. The molecule has 2 aromatic rings. The Bertz CT molecular complexity index is 413. The van der Waals surface area contributed by atoms with E-state index in [2.05, 4.69) is 10.3 Å². The average Bonchev–Trinajstić information content (AvgIpc) is 2.33. The highest BCUT2D eigenvalue weighted by molar-refractivity contribution is 5.59. The highest BCUT2D eigenvalue weighted by Gasteiger charge is 1.94. The van der Waals surface area contributed by atoms with Crippen molar-refractivity contribution in [3.63, 3.8) is 0 Å². The number of hydrogen-bond donors (Lipinski definition) is 2. The van der Waals surface area contributed by atoms with Gasteiger partial charge in [-0.2, -0.15) is 0 Å². The molecule has 3 heteroatoms. The third kappa shape index (κ3) is 3.61. The van der Waals surface area contributed by atoms with Gasteiger partial charge in [0.25, 0.3) is 0 Å². The highest BCUT2D eigenvalue weighted by Crippen LogP contribution is 2.14. The molecule has 3 N–H and O–H groups in total. The van der Waals surface area contributed by atoms with Crippen LogP contribution in [0.4, 0.5) is 17.2 Å². The highest BCUT2D eigenvalue weighted by atomic mass is 15.0. The Labute approximate surface area is 96.3 Å². The van der Waals surface area contributed by atoms with Crippen LogP contribution in [0.3, 0.4) is 0 Å². The molecule has 0 aliphatic rings. The first-order chi connectivity index (χ1) is 7.84. The smallest absolute Gasteiger partial charge is 0.132 e. The fraction of sp³-hybridized carbons (Fsp3) is 0.154. The summed E-state index contributed by atoms with van der Waals surface area (Å²) >= 11 is 0. The van der Waals surface area contributed by atoms with E-state index in [0.717, 1.165) is 11.5 Å². The molecule has 16 heavy (non-hydrogen) atoms. The quantitative estimate of drug-likeness (QED) is 0.806. The Kier molecular flexibility index (Phi) is 4.86. The van der Waals surface area contributed by atoms with E-state index in [-0.39, 0.29) is 0 Å². The minimum atomic E-state index is 0.707. The second kappa shape index (κ2) is 6.45. The lowest BCUT2D eigenvalue weighted by Crippen LogP contribution is -1.94. The maximum Gasteiger partial charge on any atom is 0.132 e. The van der Waals surface area contributed by atoms with Crippen LogP contribution in [0.5, 0.6) is 0 Å². The van der Waals surface area contributed by atoms with Crippen molar-refractivity contribution in [2.45, 2.75) is 13.8 Å². The topological polar surface area (TPSA) is 50.9 Å². The summed E-state index contributed by atoms with van der Waals surface area (Å²) in [6.07, 6.45) is 1.68. The van der Waals surface area contributed by atoms with Crippen molar-refractivity contribution >= 4 is 17.2 Å². The number of pyridine rings is 1. The van der Waals surface area contributed by atoms with Crippen LogP contribution >= 0.6 is 0 Å². The van der Waals surface area contributed by atoms with E-state index in [1.54, 1.807) is 18.3 Å². The summed E-state index contributed by atoms with van der Waals surface area (Å²) in [5.74, 6) is 0.760. The molecule has 3 nitrogen and oxygen atoms in total. The molecular weight excluding hydrogens is 198 g/mol. The molecule has 0 atom stereocenters. The molecule has 0 amide bonds. The average molecular weight is 215 g/mol. The van der Waals surface area contributed by atoms with Gasteiger partial charge >= 0.3 is 0 Å². The van der Waals surface area contributed by atoms with Crippen molar-refractivity contribution in [1.82, 2.24) is 4.98 Å². The Morgan fingerprint density at radius 2 is 1.75 bits per heavy atom. The lowest BCUT2D eigenvalue weighted by molar-refractivity contribution is 1.31. The number of nitrogens with zero attached hydrogens (tertiary/aromatic N) is 1. The van der Waals surface area contributed by atoms with E-state index in [1.165, 1.54) is 0 Å². The normalized spacial score (nSPS) is 8.88. The molecule has 84 valence electrons. The minimum Gasteiger partial charge on any atom is -0.399 e. The van der Waals surface area contributed by atoms with Gasteiger partial charge in [-0.25, -0.2) is 4.98 Å². The predicted octanol–water partition coefficient (Wildman–Crippen LogP) is 3.43. The fourth-order valence-electron chi connectivity index (χ4n) is 1.18. The summed E-state index contributed by atoms with van der Waals surface area (Å²) in [4.78, 5) is 4.14. The van der Waals surface area contributed by atoms with Gasteiger partial charge in [-0.15, -0.1) is 0 Å². The number of anilines is 3. The summed E-state index contributed by atoms with van der Waals surface area (Å²) in [7, 11) is 0. The maximum absolute atomic E-state index is 5.63. The Balaban J connectivity index is 0.000000606. The Hall–Kier alpha value is -2.03. The van der Waals surface area contributed by atoms with Gasteiger partial charge in [-0.1, -0.05) is 32.0 Å². The molecule has 1 aromatic carbocycles. The number of hydrogen-bond acceptors (Lipinski definition) is 3. The molecule has 0 spiro atoms. The summed E-state index contributed by atoms with van der Waals surface area (Å²) in [5, 5.41) is 3.15. The van der Waals surface area contributed by atoms with Crippen molar-refractivity contribution in [3.8, 4) is 0 Å². The van der Waals surface area contributed by atoms with Crippen molar-refractivity contribution in [1.29, 1.82) is 0 Å². The zero-order valence-electron chi connectivity index (χ0n) is 9.64. The molecule has 0 radical (unpaired) electrons. The van der Waals surface area contributed by atoms with Crippen LogP contribution < -0.4 is 11.1 Å². The largest absolute Gasteiger partial charge is 0.399 e. The zero-order chi connectivity index (χ0) is 11.8. The van der Waals surface area contributed by atoms with E-state index in [4.69, 9.17) is 5.73 Å². The van der Waals surface area contributed by atoms with Crippen LogP contribution in [0.15, 0.2) is 48.7 Å². The van der Waals surface area contributed by atoms with E-state index < -0.39 is 0 Å². The monoisotopic (exact) mass is 215 g/mol. The molecule has 1 aromatic heterocycles. The molecule has 0 saturated heterocycles. The maximum atomic E-state index is 5.63. The van der Waals surface area contributed by atoms with Gasteiger partial charge in [-0.3, -0.25) is 0 Å². The number of rotatable bonds is 2. The third-order valence-electron chi connectivity index (χ3n) is 1.83. The Morgan fingerprint density at radius 1 is 1.06 bits per heavy atom. The van der Waals surface area contributed by atoms with Crippen molar-refractivity contribution in [2.24, 2.45) is 0 Å². The number of benzene rings is 1. The lowest BCUT2D eigenvalue weighted by atomic mass is 10.3. The minimum absolute atomic E-state index is 0.707. The van der Waals surface area contributed by atoms with Gasteiger partial charge < -0.3 is 11.1 Å². The second-order valence-electron chi connectivity index (χ2n) is 2.97. The molecular formula is C13H17N3. The Morgan fingerprint density at radius 3 is 2.38 bits per heavy atom. The van der Waals surface area contributed by atoms with Crippen LogP contribution in [0, 0.1) is 0 Å². The summed E-state index contributed by atoms with van der Waals surface area (Å²) in [6.45, 7) is 4.00. The molecule has 2 rings (SSSR count). The van der Waals surface area contributed by atoms with Gasteiger partial charge in [0, 0.05) is 23.6 Å². The van der Waals surface area contributed by atoms with E-state index in [9.17, 15) is 0 Å². The van der Waals surface area contributed by atoms with Crippen LogP contribution in [0.25, 0.3) is 0 Å². The fourth-order valence-corrected chi connectivity index (χ4v) is 1.18. The van der Waals surface area contributed by atoms with Gasteiger partial charge in [-0.05, 0) is 18.2 Å². The van der Waals surface area contributed by atoms with Gasteiger partial charge in [0.2, 0.25) is 0 Å². The number of para-hydroxylation sites is 1. The predicted molar refractivity (Wildman–Crippen MR) is 69.7 cm³/mol. The van der Waals surface area contributed by atoms with Crippen LogP contribution in [0.1, 0.15) is 13.8 Å². The zero-order valence-corrected chi connectivity index (χ0v) is 9.64. The van der Waals surface area contributed by atoms with E-state index >= 15 is 0 Å². The molecule has 0 aliphatic heterocycles. The van der Waals surface area contributed by atoms with Gasteiger partial charge in [0.15, 0.2) is 0 Å². The first kappa shape index (κ1) is 12.0. The van der Waals surface area contributed by atoms with Crippen molar-refractivity contribution in [3.05, 3.63) is 48.7 Å². The standard InChI is InChI=1S/C11H11N3.C2H6/c12-9-6-7-13-11(8-9)14-10-4-2-1-3-5-10;1-2/h1-8H,(H3,12,13,14);1-2H3. The molecule has 0 aliphatic carbocycles. The molecule has 0 saturated carbocycles. The van der Waals surface area contributed by atoms with E-state index in [0.29, 0.717) is 5.69 Å². The van der Waals surface area contributed by atoms with Gasteiger partial charge in [0.1, 0.15) is 5.82 Å². The van der Waals surface area contributed by atoms with Crippen molar-refractivity contribution < 1.29 is 0 Å². The summed E-state index contributed by atoms with van der Waals surface area (Å²) in [6, 6.07) is 13.4. The number of aromatic nitrogens is 1. The van der Waals surface area contributed by atoms with Crippen LogP contribution in [0.2, 0.25) is 0 Å². The number of nitrogens with one attached hydrogen (secondary N) is 1. The van der Waals surface area contributed by atoms with Crippen molar-refractivity contribution in [2.75, 3.05) is 11.1 Å². The van der Waals surface area contributed by atoms with Crippen LogP contribution in [-0.4, -0.2) is 4.98 Å².